The van der Waals surface area contributed by atoms with Crippen molar-refractivity contribution >= 4 is 11.9 Å². The van der Waals surface area contributed by atoms with Crippen LogP contribution in [0, 0.1) is 0 Å². The fraction of sp³-hybridized carbons (Fsp3) is 0.959. The molecule has 0 amide bonds. The molecule has 0 bridgehead atoms. The Morgan fingerprint density at radius 1 is 0.438 bits per heavy atom. The van der Waals surface area contributed by atoms with Crippen LogP contribution in [-0.4, -0.2) is 142 Å². The van der Waals surface area contributed by atoms with E-state index in [0.717, 1.165) is 38.5 Å². The highest BCUT2D eigenvalue weighted by molar-refractivity contribution is 5.70. The zero-order valence-electron chi connectivity index (χ0n) is 39.8. The summed E-state index contributed by atoms with van der Waals surface area (Å²) >= 11 is 0. The highest BCUT2D eigenvalue weighted by Crippen LogP contribution is 2.26. The molecule has 2 saturated heterocycles. The molecule has 2 aliphatic heterocycles. The van der Waals surface area contributed by atoms with Gasteiger partial charge >= 0.3 is 11.9 Å². The first-order chi connectivity index (χ1) is 31.0. The van der Waals surface area contributed by atoms with Gasteiger partial charge in [0.25, 0.3) is 0 Å². The summed E-state index contributed by atoms with van der Waals surface area (Å²) in [7, 11) is 0. The van der Waals surface area contributed by atoms with Crippen LogP contribution in [0.15, 0.2) is 0 Å². The predicted octanol–water partition coefficient (Wildman–Crippen LogP) is 6.82. The molecule has 0 saturated carbocycles. The molecule has 0 aliphatic carbocycles. The van der Waals surface area contributed by atoms with E-state index >= 15 is 0 Å². The average Bonchev–Trinajstić information content (AvgIpc) is 3.29. The largest absolute Gasteiger partial charge is 0.462 e. The third-order valence-corrected chi connectivity index (χ3v) is 12.6. The summed E-state index contributed by atoms with van der Waals surface area (Å²) in [4.78, 5) is 25.7. The standard InChI is InChI=1S/C49H92O15/c1-3-5-7-9-11-13-15-17-18-20-22-24-26-28-30-32-41(52)62-37(34-59-40(51)31-29-27-25-23-21-19-16-14-12-10-8-6-4-2)35-60-48-47(58)45(56)43(54)39(64-48)36-61-49-46(57)44(55)42(53)38(33-50)63-49/h37-39,42-50,53-58H,3-36H2,1-2H3. The zero-order chi connectivity index (χ0) is 46.8. The van der Waals surface area contributed by atoms with Crippen molar-refractivity contribution in [2.24, 2.45) is 0 Å². The maximum absolute atomic E-state index is 13.0. The van der Waals surface area contributed by atoms with Gasteiger partial charge in [0.2, 0.25) is 0 Å². The molecule has 2 rings (SSSR count). The second-order valence-electron chi connectivity index (χ2n) is 18.4. The molecule has 0 aromatic heterocycles. The van der Waals surface area contributed by atoms with Crippen molar-refractivity contribution in [2.45, 2.75) is 274 Å². The quantitative estimate of drug-likeness (QED) is 0.0247. The molecule has 15 nitrogen and oxygen atoms in total. The molecule has 15 heteroatoms. The number of rotatable bonds is 40. The number of hydrogen-bond donors (Lipinski definition) is 7. The van der Waals surface area contributed by atoms with Gasteiger partial charge in [-0.1, -0.05) is 181 Å². The number of esters is 2. The SMILES string of the molecule is CCCCCCCCCCCCCCCCCC(=O)OC(COC(=O)CCCCCCCCCCCCCCC)COC1OC(COC2OC(CO)C(O)C(O)C2O)C(O)C(O)C1O. The van der Waals surface area contributed by atoms with Gasteiger partial charge in [-0.3, -0.25) is 9.59 Å². The van der Waals surface area contributed by atoms with Crippen molar-refractivity contribution in [1.29, 1.82) is 0 Å². The lowest BCUT2D eigenvalue weighted by Gasteiger charge is -2.42. The van der Waals surface area contributed by atoms with Crippen LogP contribution in [0.25, 0.3) is 0 Å². The predicted molar refractivity (Wildman–Crippen MR) is 243 cm³/mol. The Labute approximate surface area is 385 Å². The van der Waals surface area contributed by atoms with Crippen LogP contribution < -0.4 is 0 Å². The topological polar surface area (TPSA) is 231 Å². The minimum atomic E-state index is -1.76. The Bertz CT molecular complexity index is 1130. The van der Waals surface area contributed by atoms with E-state index in [0.29, 0.717) is 12.8 Å². The smallest absolute Gasteiger partial charge is 0.306 e. The summed E-state index contributed by atoms with van der Waals surface area (Å²) in [6.45, 7) is 2.62. The number of carbonyl (C=O) groups excluding carboxylic acids is 2. The van der Waals surface area contributed by atoms with Gasteiger partial charge in [0.05, 0.1) is 19.8 Å². The lowest BCUT2D eigenvalue weighted by Crippen LogP contribution is -2.61. The molecule has 7 N–H and O–H groups in total. The molecule has 2 heterocycles. The maximum Gasteiger partial charge on any atom is 0.306 e. The summed E-state index contributed by atoms with van der Waals surface area (Å²) in [5, 5.41) is 72.0. The summed E-state index contributed by atoms with van der Waals surface area (Å²) in [6, 6.07) is 0. The molecule has 0 aromatic carbocycles. The van der Waals surface area contributed by atoms with Crippen molar-refractivity contribution in [3.05, 3.63) is 0 Å². The summed E-state index contributed by atoms with van der Waals surface area (Å²) in [5.74, 6) is -0.911. The molecular weight excluding hydrogens is 829 g/mol. The number of ether oxygens (including phenoxy) is 6. The lowest BCUT2D eigenvalue weighted by atomic mass is 9.98. The second-order valence-corrected chi connectivity index (χ2v) is 18.4. The van der Waals surface area contributed by atoms with Gasteiger partial charge in [0, 0.05) is 12.8 Å². The highest BCUT2D eigenvalue weighted by Gasteiger charge is 2.47. The summed E-state index contributed by atoms with van der Waals surface area (Å²) < 4.78 is 33.6. The Balaban J connectivity index is 1.81. The molecule has 378 valence electrons. The van der Waals surface area contributed by atoms with Crippen molar-refractivity contribution < 1.29 is 73.8 Å². The number of aliphatic hydroxyl groups excluding tert-OH is 7. The van der Waals surface area contributed by atoms with Gasteiger partial charge in [-0.2, -0.15) is 0 Å². The van der Waals surface area contributed by atoms with Gasteiger partial charge < -0.3 is 64.2 Å². The Morgan fingerprint density at radius 2 is 0.797 bits per heavy atom. The van der Waals surface area contributed by atoms with E-state index in [-0.39, 0.29) is 26.1 Å². The van der Waals surface area contributed by atoms with Crippen LogP contribution in [0.3, 0.4) is 0 Å². The molecule has 2 aliphatic rings. The van der Waals surface area contributed by atoms with E-state index in [9.17, 15) is 45.3 Å². The van der Waals surface area contributed by atoms with E-state index in [4.69, 9.17) is 28.4 Å². The molecule has 11 atom stereocenters. The number of carbonyl (C=O) groups is 2. The van der Waals surface area contributed by atoms with Crippen LogP contribution in [0.4, 0.5) is 0 Å². The zero-order valence-corrected chi connectivity index (χ0v) is 39.8. The summed E-state index contributed by atoms with van der Waals surface area (Å²) in [5.41, 5.74) is 0. The van der Waals surface area contributed by atoms with Crippen LogP contribution >= 0.6 is 0 Å². The van der Waals surface area contributed by atoms with Crippen molar-refractivity contribution in [3.63, 3.8) is 0 Å². The normalized spacial score (nSPS) is 26.5. The minimum absolute atomic E-state index is 0.173. The van der Waals surface area contributed by atoms with Gasteiger partial charge in [-0.05, 0) is 12.8 Å². The van der Waals surface area contributed by atoms with Crippen molar-refractivity contribution in [2.75, 3.05) is 26.4 Å². The monoisotopic (exact) mass is 921 g/mol. The second kappa shape index (κ2) is 37.5. The van der Waals surface area contributed by atoms with E-state index in [1.807, 2.05) is 0 Å². The van der Waals surface area contributed by atoms with Crippen molar-refractivity contribution in [1.82, 2.24) is 0 Å². The molecule has 0 aromatic rings. The lowest BCUT2D eigenvalue weighted by molar-refractivity contribution is -0.332. The van der Waals surface area contributed by atoms with Gasteiger partial charge in [0.1, 0.15) is 55.4 Å². The molecular formula is C49H92O15. The number of hydrogen-bond acceptors (Lipinski definition) is 15. The van der Waals surface area contributed by atoms with Crippen LogP contribution in [0.1, 0.15) is 206 Å². The first kappa shape index (κ1) is 58.6. The third kappa shape index (κ3) is 25.6. The van der Waals surface area contributed by atoms with Gasteiger partial charge in [-0.15, -0.1) is 0 Å². The molecule has 11 unspecified atom stereocenters. The van der Waals surface area contributed by atoms with Crippen LogP contribution in [-0.2, 0) is 38.0 Å². The molecule has 64 heavy (non-hydrogen) atoms. The van der Waals surface area contributed by atoms with E-state index in [1.165, 1.54) is 128 Å². The highest BCUT2D eigenvalue weighted by atomic mass is 16.7. The molecule has 0 radical (unpaired) electrons. The average molecular weight is 921 g/mol. The Kier molecular flexibility index (Phi) is 34.3. The number of unbranched alkanes of at least 4 members (excludes halogenated alkanes) is 26. The third-order valence-electron chi connectivity index (χ3n) is 12.6. The minimum Gasteiger partial charge on any atom is -0.462 e. The molecule has 2 fully saturated rings. The van der Waals surface area contributed by atoms with Crippen molar-refractivity contribution in [3.8, 4) is 0 Å². The van der Waals surface area contributed by atoms with E-state index in [2.05, 4.69) is 13.8 Å². The van der Waals surface area contributed by atoms with Gasteiger partial charge in [-0.25, -0.2) is 0 Å². The fourth-order valence-corrected chi connectivity index (χ4v) is 8.34. The summed E-state index contributed by atoms with van der Waals surface area (Å²) in [6.07, 6.45) is 17.0. The van der Waals surface area contributed by atoms with E-state index < -0.39 is 92.7 Å². The first-order valence-electron chi connectivity index (χ1n) is 25.6. The Morgan fingerprint density at radius 3 is 1.22 bits per heavy atom. The fourth-order valence-electron chi connectivity index (χ4n) is 8.34. The Hall–Kier alpha value is -1.50. The van der Waals surface area contributed by atoms with Crippen LogP contribution in [0.5, 0.6) is 0 Å². The maximum atomic E-state index is 13.0. The van der Waals surface area contributed by atoms with E-state index in [1.54, 1.807) is 0 Å². The number of aliphatic hydroxyl groups is 7. The van der Waals surface area contributed by atoms with Crippen LogP contribution in [0.2, 0.25) is 0 Å². The van der Waals surface area contributed by atoms with Gasteiger partial charge in [0.15, 0.2) is 18.7 Å². The molecule has 0 spiro atoms. The first-order valence-corrected chi connectivity index (χ1v) is 25.6.